The lowest BCUT2D eigenvalue weighted by molar-refractivity contribution is -0.131. The molecule has 1 amide bonds. The summed E-state index contributed by atoms with van der Waals surface area (Å²) in [5, 5.41) is 60.8. The molecule has 0 saturated carbocycles. The van der Waals surface area contributed by atoms with E-state index in [2.05, 4.69) is 0 Å². The zero-order chi connectivity index (χ0) is 35.1. The average Bonchev–Trinajstić information content (AvgIpc) is 3.08. The van der Waals surface area contributed by atoms with Gasteiger partial charge in [0.25, 0.3) is 0 Å². The molecule has 0 spiro atoms. The fourth-order valence-electron chi connectivity index (χ4n) is 6.10. The lowest BCUT2D eigenvalue weighted by atomic mass is 9.78. The number of aliphatic hydroxyl groups excluding tert-OH is 5. The number of hydrogen-bond donors (Lipinski definition) is 6. The van der Waals surface area contributed by atoms with Crippen molar-refractivity contribution in [2.45, 2.75) is 74.9 Å². The SMILES string of the molecule is CS(=O)(=O)CCCCc1ccc(N2C(=O)C(CC[C@H](O)c3ccc(F)cc3)[C@H]2c2ccc(C(O)C(O)CCC(O)(CO)CO)cc2)cc1. The fourth-order valence-corrected chi connectivity index (χ4v) is 6.83. The molecule has 6 N–H and O–H groups in total. The van der Waals surface area contributed by atoms with E-state index in [1.165, 1.54) is 30.5 Å². The molecule has 0 aromatic heterocycles. The maximum Gasteiger partial charge on any atom is 0.233 e. The lowest BCUT2D eigenvalue weighted by Gasteiger charge is -2.48. The molecule has 1 fully saturated rings. The number of β-lactam (4-membered cyclic amide) rings is 1. The van der Waals surface area contributed by atoms with E-state index in [4.69, 9.17) is 0 Å². The van der Waals surface area contributed by atoms with Crippen molar-refractivity contribution >= 4 is 21.4 Å². The van der Waals surface area contributed by atoms with Crippen molar-refractivity contribution < 1.29 is 48.2 Å². The van der Waals surface area contributed by atoms with Gasteiger partial charge in [-0.25, -0.2) is 12.8 Å². The molecule has 10 nitrogen and oxygen atoms in total. The van der Waals surface area contributed by atoms with E-state index in [1.54, 1.807) is 29.2 Å². The first kappa shape index (κ1) is 37.6. The van der Waals surface area contributed by atoms with E-state index in [-0.39, 0.29) is 30.9 Å². The molecule has 3 aromatic rings. The summed E-state index contributed by atoms with van der Waals surface area (Å²) in [5.74, 6) is -0.856. The molecule has 0 radical (unpaired) electrons. The molecule has 0 aliphatic carbocycles. The second kappa shape index (κ2) is 16.4. The molecule has 12 heteroatoms. The minimum absolute atomic E-state index is 0.0718. The molecular formula is C36H46FNO9S. The Morgan fingerprint density at radius 2 is 1.46 bits per heavy atom. The number of anilines is 1. The van der Waals surface area contributed by atoms with Crippen LogP contribution in [0.15, 0.2) is 72.8 Å². The van der Waals surface area contributed by atoms with Crippen molar-refractivity contribution in [3.8, 4) is 0 Å². The maximum atomic E-state index is 13.6. The summed E-state index contributed by atoms with van der Waals surface area (Å²) in [6.45, 7) is -1.37. The van der Waals surface area contributed by atoms with Gasteiger partial charge in [0.15, 0.2) is 0 Å². The number of benzene rings is 3. The van der Waals surface area contributed by atoms with Crippen LogP contribution in [0.5, 0.6) is 0 Å². The predicted molar refractivity (Wildman–Crippen MR) is 179 cm³/mol. The number of hydrogen-bond acceptors (Lipinski definition) is 9. The molecule has 1 aliphatic rings. The van der Waals surface area contributed by atoms with Crippen LogP contribution < -0.4 is 4.90 Å². The van der Waals surface area contributed by atoms with Crippen LogP contribution in [0.1, 0.15) is 79.0 Å². The van der Waals surface area contributed by atoms with Gasteiger partial charge in [-0.15, -0.1) is 0 Å². The van der Waals surface area contributed by atoms with Crippen LogP contribution in [-0.4, -0.2) is 81.9 Å². The third-order valence-electron chi connectivity index (χ3n) is 9.14. The zero-order valence-corrected chi connectivity index (χ0v) is 27.8. The van der Waals surface area contributed by atoms with Crippen LogP contribution in [0.25, 0.3) is 0 Å². The lowest BCUT2D eigenvalue weighted by Crippen LogP contribution is -2.55. The first-order chi connectivity index (χ1) is 22.7. The molecule has 1 saturated heterocycles. The first-order valence-corrected chi connectivity index (χ1v) is 18.2. The highest BCUT2D eigenvalue weighted by Gasteiger charge is 2.48. The summed E-state index contributed by atoms with van der Waals surface area (Å²) < 4.78 is 36.2. The van der Waals surface area contributed by atoms with Gasteiger partial charge in [-0.3, -0.25) is 4.79 Å². The van der Waals surface area contributed by atoms with Crippen molar-refractivity contribution in [2.24, 2.45) is 5.92 Å². The second-order valence-electron chi connectivity index (χ2n) is 12.9. The number of carbonyl (C=O) groups is 1. The molecule has 3 unspecified atom stereocenters. The van der Waals surface area contributed by atoms with Crippen molar-refractivity contribution in [3.05, 3.63) is 101 Å². The van der Waals surface area contributed by atoms with Crippen LogP contribution in [0, 0.1) is 11.7 Å². The van der Waals surface area contributed by atoms with E-state index in [0.717, 1.165) is 11.1 Å². The predicted octanol–water partition coefficient (Wildman–Crippen LogP) is 3.30. The summed E-state index contributed by atoms with van der Waals surface area (Å²) in [7, 11) is -3.01. The first-order valence-electron chi connectivity index (χ1n) is 16.2. The Morgan fingerprint density at radius 1 is 0.854 bits per heavy atom. The Bertz CT molecular complexity index is 1580. The van der Waals surface area contributed by atoms with Crippen LogP contribution in [-0.2, 0) is 21.1 Å². The third-order valence-corrected chi connectivity index (χ3v) is 10.2. The van der Waals surface area contributed by atoms with Gasteiger partial charge in [0.2, 0.25) is 5.91 Å². The number of amides is 1. The third kappa shape index (κ3) is 9.69. The maximum absolute atomic E-state index is 13.6. The number of carbonyl (C=O) groups excluding carboxylic acids is 1. The van der Waals surface area contributed by atoms with Gasteiger partial charge in [0.1, 0.15) is 27.4 Å². The van der Waals surface area contributed by atoms with Crippen LogP contribution in [0.3, 0.4) is 0 Å². The van der Waals surface area contributed by atoms with Crippen LogP contribution in [0.4, 0.5) is 10.1 Å². The minimum atomic E-state index is -3.01. The molecule has 1 aliphatic heterocycles. The summed E-state index contributed by atoms with van der Waals surface area (Å²) in [6.07, 6.45) is 0.181. The number of aliphatic hydroxyl groups is 6. The quantitative estimate of drug-likeness (QED) is 0.0866. The Labute approximate surface area is 281 Å². The Hall–Kier alpha value is -3.23. The molecule has 1 heterocycles. The van der Waals surface area contributed by atoms with Gasteiger partial charge in [0.05, 0.1) is 37.4 Å². The highest BCUT2D eigenvalue weighted by atomic mass is 32.2. The van der Waals surface area contributed by atoms with Crippen LogP contribution >= 0.6 is 0 Å². The summed E-state index contributed by atoms with van der Waals surface area (Å²) in [5.41, 5.74) is 1.67. The molecule has 5 atom stereocenters. The number of nitrogens with zero attached hydrogens (tertiary/aromatic N) is 1. The monoisotopic (exact) mass is 687 g/mol. The Morgan fingerprint density at radius 3 is 2.04 bits per heavy atom. The number of sulfone groups is 1. The van der Waals surface area contributed by atoms with E-state index in [9.17, 15) is 48.2 Å². The van der Waals surface area contributed by atoms with Gasteiger partial charge in [-0.1, -0.05) is 48.5 Å². The molecule has 48 heavy (non-hydrogen) atoms. The molecule has 4 rings (SSSR count). The molecule has 262 valence electrons. The Kier molecular flexibility index (Phi) is 12.9. The standard InChI is InChI=1S/C36H46FNO9S/c1-48(46,47)21-3-2-4-24-5-15-29(16-6-24)38-33(30(35(38)44)17-18-31(41)25-11-13-28(37)14-12-25)26-7-9-27(10-8-26)34(43)32(42)19-20-36(45,22-39)23-40/h5-16,30-34,39-43,45H,2-4,17-23H2,1H3/t30?,31-,32?,33+,34?/m0/s1. The van der Waals surface area contributed by atoms with E-state index in [1.807, 2.05) is 24.3 Å². The van der Waals surface area contributed by atoms with Gasteiger partial charge < -0.3 is 35.5 Å². The molecule has 0 bridgehead atoms. The highest BCUT2D eigenvalue weighted by Crippen LogP contribution is 2.46. The van der Waals surface area contributed by atoms with E-state index in [0.29, 0.717) is 42.5 Å². The average molecular weight is 688 g/mol. The fraction of sp³-hybridized carbons (Fsp3) is 0.472. The van der Waals surface area contributed by atoms with E-state index >= 15 is 0 Å². The summed E-state index contributed by atoms with van der Waals surface area (Å²) in [6, 6.07) is 19.6. The molecule has 3 aromatic carbocycles. The van der Waals surface area contributed by atoms with Gasteiger partial charge >= 0.3 is 0 Å². The van der Waals surface area contributed by atoms with Crippen molar-refractivity contribution in [3.63, 3.8) is 0 Å². The number of aryl methyl sites for hydroxylation is 1. The summed E-state index contributed by atoms with van der Waals surface area (Å²) in [4.78, 5) is 15.3. The number of halogens is 1. The zero-order valence-electron chi connectivity index (χ0n) is 27.0. The van der Waals surface area contributed by atoms with Crippen molar-refractivity contribution in [2.75, 3.05) is 30.1 Å². The van der Waals surface area contributed by atoms with Gasteiger partial charge in [-0.05, 0) is 91.5 Å². The normalized spacial score (nSPS) is 18.8. The van der Waals surface area contributed by atoms with Crippen molar-refractivity contribution in [1.82, 2.24) is 0 Å². The Balaban J connectivity index is 1.50. The van der Waals surface area contributed by atoms with Gasteiger partial charge in [0, 0.05) is 17.7 Å². The topological polar surface area (TPSA) is 176 Å². The minimum Gasteiger partial charge on any atom is -0.393 e. The highest BCUT2D eigenvalue weighted by molar-refractivity contribution is 7.90. The number of rotatable bonds is 18. The summed E-state index contributed by atoms with van der Waals surface area (Å²) >= 11 is 0. The van der Waals surface area contributed by atoms with Gasteiger partial charge in [-0.2, -0.15) is 0 Å². The second-order valence-corrected chi connectivity index (χ2v) is 15.2. The smallest absolute Gasteiger partial charge is 0.233 e. The van der Waals surface area contributed by atoms with Crippen LogP contribution in [0.2, 0.25) is 0 Å². The largest absolute Gasteiger partial charge is 0.393 e. The van der Waals surface area contributed by atoms with E-state index < -0.39 is 64.7 Å². The van der Waals surface area contributed by atoms with Crippen molar-refractivity contribution in [1.29, 1.82) is 0 Å². The molecular weight excluding hydrogens is 641 g/mol. The number of unbranched alkanes of at least 4 members (excludes halogenated alkanes) is 1.